The molecule has 0 aliphatic rings. The van der Waals surface area contributed by atoms with Gasteiger partial charge in [0, 0.05) is 19.2 Å². The van der Waals surface area contributed by atoms with Crippen LogP contribution in [0, 0.1) is 6.92 Å². The normalized spacial score (nSPS) is 11.5. The Kier molecular flexibility index (Phi) is 5.30. The standard InChI is InChI=1S/C21H22N2O3S/c1-15-11-12-18(27(25,26)22-2)13-20(15)21(24)23(3)14-17-9-6-8-16-7-4-5-10-19(16)17/h4-13,22H,14H2,1-3H3. The summed E-state index contributed by atoms with van der Waals surface area (Å²) in [6.45, 7) is 2.23. The molecule has 0 unspecified atom stereocenters. The van der Waals surface area contributed by atoms with E-state index in [-0.39, 0.29) is 10.8 Å². The maximum absolute atomic E-state index is 13.0. The molecule has 140 valence electrons. The van der Waals surface area contributed by atoms with Crippen LogP contribution in [-0.4, -0.2) is 33.3 Å². The summed E-state index contributed by atoms with van der Waals surface area (Å²) >= 11 is 0. The number of hydrogen-bond donors (Lipinski definition) is 1. The van der Waals surface area contributed by atoms with Crippen molar-refractivity contribution in [1.82, 2.24) is 9.62 Å². The summed E-state index contributed by atoms with van der Waals surface area (Å²) in [6.07, 6.45) is 0. The fourth-order valence-corrected chi connectivity index (χ4v) is 3.84. The van der Waals surface area contributed by atoms with Crippen LogP contribution in [0.5, 0.6) is 0 Å². The molecule has 1 N–H and O–H groups in total. The fraction of sp³-hybridized carbons (Fsp3) is 0.190. The van der Waals surface area contributed by atoms with Crippen molar-refractivity contribution >= 4 is 26.7 Å². The Hall–Kier alpha value is -2.70. The van der Waals surface area contributed by atoms with Crippen molar-refractivity contribution in [1.29, 1.82) is 0 Å². The monoisotopic (exact) mass is 382 g/mol. The molecule has 3 aromatic carbocycles. The van der Waals surface area contributed by atoms with Crippen molar-refractivity contribution in [2.45, 2.75) is 18.4 Å². The van der Waals surface area contributed by atoms with Crippen molar-refractivity contribution in [2.24, 2.45) is 0 Å². The average molecular weight is 382 g/mol. The van der Waals surface area contributed by atoms with Crippen molar-refractivity contribution in [2.75, 3.05) is 14.1 Å². The minimum Gasteiger partial charge on any atom is -0.337 e. The van der Waals surface area contributed by atoms with Gasteiger partial charge >= 0.3 is 0 Å². The SMILES string of the molecule is CNS(=O)(=O)c1ccc(C)c(C(=O)N(C)Cc2cccc3ccccc23)c1. The second-order valence-electron chi connectivity index (χ2n) is 6.48. The maximum atomic E-state index is 13.0. The summed E-state index contributed by atoms with van der Waals surface area (Å²) in [5, 5.41) is 2.22. The molecular weight excluding hydrogens is 360 g/mol. The van der Waals surface area contributed by atoms with Gasteiger partial charge in [0.2, 0.25) is 10.0 Å². The van der Waals surface area contributed by atoms with Gasteiger partial charge in [-0.15, -0.1) is 0 Å². The Morgan fingerprint density at radius 3 is 2.48 bits per heavy atom. The number of rotatable bonds is 5. The third-order valence-corrected chi connectivity index (χ3v) is 6.06. The van der Waals surface area contributed by atoms with Crippen LogP contribution in [0.3, 0.4) is 0 Å². The lowest BCUT2D eigenvalue weighted by atomic mass is 10.0. The number of amides is 1. The van der Waals surface area contributed by atoms with E-state index in [1.165, 1.54) is 19.2 Å². The molecule has 3 aromatic rings. The van der Waals surface area contributed by atoms with Crippen LogP contribution in [0.1, 0.15) is 21.5 Å². The van der Waals surface area contributed by atoms with Gasteiger partial charge in [0.05, 0.1) is 4.90 Å². The Balaban J connectivity index is 1.93. The van der Waals surface area contributed by atoms with Gasteiger partial charge in [-0.2, -0.15) is 0 Å². The number of hydrogen-bond acceptors (Lipinski definition) is 3. The molecule has 0 heterocycles. The van der Waals surface area contributed by atoms with E-state index in [4.69, 9.17) is 0 Å². The smallest absolute Gasteiger partial charge is 0.254 e. The van der Waals surface area contributed by atoms with Gasteiger partial charge in [0.25, 0.3) is 5.91 Å². The number of nitrogens with zero attached hydrogens (tertiary/aromatic N) is 1. The Labute approximate surface area is 159 Å². The van der Waals surface area contributed by atoms with Gasteiger partial charge in [-0.05, 0) is 48.0 Å². The molecule has 0 aliphatic heterocycles. The van der Waals surface area contributed by atoms with Crippen LogP contribution < -0.4 is 4.72 Å². The van der Waals surface area contributed by atoms with Crippen LogP contribution in [0.2, 0.25) is 0 Å². The number of benzene rings is 3. The molecule has 1 amide bonds. The molecule has 0 bridgehead atoms. The van der Waals surface area contributed by atoms with Gasteiger partial charge in [-0.25, -0.2) is 13.1 Å². The highest BCUT2D eigenvalue weighted by molar-refractivity contribution is 7.89. The van der Waals surface area contributed by atoms with E-state index in [0.717, 1.165) is 21.9 Å². The number of carbonyl (C=O) groups is 1. The first kappa shape index (κ1) is 19.1. The largest absolute Gasteiger partial charge is 0.337 e. The first-order valence-electron chi connectivity index (χ1n) is 8.60. The molecular formula is C21H22N2O3S. The summed E-state index contributed by atoms with van der Waals surface area (Å²) in [5.74, 6) is -0.214. The molecule has 0 fully saturated rings. The summed E-state index contributed by atoms with van der Waals surface area (Å²) < 4.78 is 26.4. The number of nitrogens with one attached hydrogen (secondary N) is 1. The maximum Gasteiger partial charge on any atom is 0.254 e. The van der Waals surface area contributed by atoms with Crippen LogP contribution in [-0.2, 0) is 16.6 Å². The molecule has 5 nitrogen and oxygen atoms in total. The topological polar surface area (TPSA) is 66.5 Å². The van der Waals surface area contributed by atoms with E-state index in [9.17, 15) is 13.2 Å². The van der Waals surface area contributed by atoms with Crippen molar-refractivity contribution < 1.29 is 13.2 Å². The minimum absolute atomic E-state index is 0.0810. The van der Waals surface area contributed by atoms with Gasteiger partial charge < -0.3 is 4.90 Å². The first-order valence-corrected chi connectivity index (χ1v) is 10.1. The lowest BCUT2D eigenvalue weighted by Gasteiger charge is -2.20. The quantitative estimate of drug-likeness (QED) is 0.736. The van der Waals surface area contributed by atoms with Gasteiger partial charge in [0.1, 0.15) is 0 Å². The second-order valence-corrected chi connectivity index (χ2v) is 8.37. The highest BCUT2D eigenvalue weighted by atomic mass is 32.2. The second kappa shape index (κ2) is 7.50. The van der Waals surface area contributed by atoms with Crippen LogP contribution in [0.25, 0.3) is 10.8 Å². The van der Waals surface area contributed by atoms with Gasteiger partial charge in [0.15, 0.2) is 0 Å². The van der Waals surface area contributed by atoms with Crippen LogP contribution in [0.4, 0.5) is 0 Å². The van der Waals surface area contributed by atoms with Crippen molar-refractivity contribution in [3.63, 3.8) is 0 Å². The Morgan fingerprint density at radius 1 is 1.04 bits per heavy atom. The molecule has 0 aromatic heterocycles. The first-order chi connectivity index (χ1) is 12.8. The number of carbonyl (C=O) groups excluding carboxylic acids is 1. The summed E-state index contributed by atoms with van der Waals surface area (Å²) in [5.41, 5.74) is 2.16. The van der Waals surface area contributed by atoms with Crippen molar-refractivity contribution in [3.05, 3.63) is 77.4 Å². The lowest BCUT2D eigenvalue weighted by Crippen LogP contribution is -2.27. The summed E-state index contributed by atoms with van der Waals surface area (Å²) in [4.78, 5) is 14.7. The molecule has 0 saturated carbocycles. The highest BCUT2D eigenvalue weighted by Crippen LogP contribution is 2.22. The number of fused-ring (bicyclic) bond motifs is 1. The zero-order chi connectivity index (χ0) is 19.6. The summed E-state index contributed by atoms with van der Waals surface area (Å²) in [6, 6.07) is 18.6. The molecule has 6 heteroatoms. The molecule has 0 atom stereocenters. The predicted molar refractivity (Wildman–Crippen MR) is 107 cm³/mol. The molecule has 0 spiro atoms. The molecule has 0 aliphatic carbocycles. The molecule has 0 saturated heterocycles. The minimum atomic E-state index is -3.61. The fourth-order valence-electron chi connectivity index (χ4n) is 3.08. The zero-order valence-corrected chi connectivity index (χ0v) is 16.4. The Bertz CT molecular complexity index is 1100. The summed E-state index contributed by atoms with van der Waals surface area (Å²) in [7, 11) is -0.530. The van der Waals surface area contributed by atoms with E-state index < -0.39 is 10.0 Å². The van der Waals surface area contributed by atoms with E-state index in [1.54, 1.807) is 24.9 Å². The van der Waals surface area contributed by atoms with Gasteiger partial charge in [-0.1, -0.05) is 48.5 Å². The average Bonchev–Trinajstić information content (AvgIpc) is 2.68. The van der Waals surface area contributed by atoms with E-state index in [0.29, 0.717) is 12.1 Å². The van der Waals surface area contributed by atoms with Crippen LogP contribution >= 0.6 is 0 Å². The zero-order valence-electron chi connectivity index (χ0n) is 15.6. The number of aryl methyl sites for hydroxylation is 1. The van der Waals surface area contributed by atoms with Gasteiger partial charge in [-0.3, -0.25) is 4.79 Å². The molecule has 3 rings (SSSR count). The predicted octanol–water partition coefficient (Wildman–Crippen LogP) is 3.33. The molecule has 0 radical (unpaired) electrons. The Morgan fingerprint density at radius 2 is 1.74 bits per heavy atom. The van der Waals surface area contributed by atoms with E-state index in [2.05, 4.69) is 4.72 Å². The van der Waals surface area contributed by atoms with E-state index >= 15 is 0 Å². The molecule has 27 heavy (non-hydrogen) atoms. The highest BCUT2D eigenvalue weighted by Gasteiger charge is 2.19. The lowest BCUT2D eigenvalue weighted by molar-refractivity contribution is 0.0784. The third kappa shape index (κ3) is 3.86. The van der Waals surface area contributed by atoms with Crippen molar-refractivity contribution in [3.8, 4) is 0 Å². The van der Waals surface area contributed by atoms with Crippen LogP contribution in [0.15, 0.2) is 65.6 Å². The third-order valence-electron chi connectivity index (χ3n) is 4.65. The van der Waals surface area contributed by atoms with E-state index in [1.807, 2.05) is 42.5 Å². The number of sulfonamides is 1.